The molecule has 0 spiro atoms. The van der Waals surface area contributed by atoms with Crippen molar-refractivity contribution in [3.8, 4) is 11.4 Å². The van der Waals surface area contributed by atoms with E-state index >= 15 is 4.39 Å². The highest BCUT2D eigenvalue weighted by atomic mass is 19.1. The summed E-state index contributed by atoms with van der Waals surface area (Å²) >= 11 is 0. The number of piperazine rings is 1. The number of carboxylic acids is 1. The van der Waals surface area contributed by atoms with Crippen LogP contribution in [-0.4, -0.2) is 72.4 Å². The molecule has 0 unspecified atom stereocenters. The van der Waals surface area contributed by atoms with Crippen LogP contribution in [0.25, 0.3) is 22.2 Å². The summed E-state index contributed by atoms with van der Waals surface area (Å²) in [6, 6.07) is 25.0. The Hall–Kier alpha value is -6.01. The maximum absolute atomic E-state index is 15.6. The van der Waals surface area contributed by atoms with Gasteiger partial charge in [-0.1, -0.05) is 48.5 Å². The van der Waals surface area contributed by atoms with Gasteiger partial charge in [0.1, 0.15) is 54.1 Å². The number of esters is 1. The van der Waals surface area contributed by atoms with Crippen LogP contribution in [0, 0.1) is 11.6 Å². The normalized spacial score (nSPS) is 14.9. The van der Waals surface area contributed by atoms with Gasteiger partial charge in [-0.3, -0.25) is 9.69 Å². The summed E-state index contributed by atoms with van der Waals surface area (Å²) in [5.74, 6) is -2.07. The number of hydrogen-bond acceptors (Lipinski definition) is 8. The predicted molar refractivity (Wildman–Crippen MR) is 186 cm³/mol. The molecule has 12 heteroatoms. The summed E-state index contributed by atoms with van der Waals surface area (Å²) < 4.78 is 48.2. The zero-order chi connectivity index (χ0) is 35.5. The summed E-state index contributed by atoms with van der Waals surface area (Å²) in [7, 11) is 0. The number of carboxylic acid groups (broad SMARTS) is 1. The minimum atomic E-state index is -1.44. The number of pyridine rings is 1. The monoisotopic (exact) mass is 693 g/mol. The molecule has 1 aromatic heterocycles. The highest BCUT2D eigenvalue weighted by Gasteiger charge is 2.30. The number of anilines is 1. The molecule has 0 saturated carbocycles. The molecule has 4 aromatic carbocycles. The summed E-state index contributed by atoms with van der Waals surface area (Å²) in [5, 5.41) is 9.55. The number of hydrogen-bond donors (Lipinski definition) is 1. The van der Waals surface area contributed by atoms with E-state index in [9.17, 15) is 23.9 Å². The van der Waals surface area contributed by atoms with Gasteiger partial charge in [-0.2, -0.15) is 0 Å². The molecule has 260 valence electrons. The lowest BCUT2D eigenvalue weighted by Crippen LogP contribution is -2.47. The van der Waals surface area contributed by atoms with Gasteiger partial charge in [-0.25, -0.2) is 18.4 Å². The van der Waals surface area contributed by atoms with E-state index in [4.69, 9.17) is 14.2 Å². The summed E-state index contributed by atoms with van der Waals surface area (Å²) in [5.41, 5.74) is 1.59. The van der Waals surface area contributed by atoms with Crippen LogP contribution in [0.2, 0.25) is 0 Å². The number of carbonyl (C=O) groups excluding carboxylic acids is 1. The van der Waals surface area contributed by atoms with Gasteiger partial charge in [0.2, 0.25) is 5.43 Å². The van der Waals surface area contributed by atoms with E-state index in [-0.39, 0.29) is 17.7 Å². The Bertz CT molecular complexity index is 2200. The average molecular weight is 694 g/mol. The fourth-order valence-corrected chi connectivity index (χ4v) is 6.35. The molecular weight excluding hydrogens is 660 g/mol. The van der Waals surface area contributed by atoms with Crippen LogP contribution in [0.3, 0.4) is 0 Å². The lowest BCUT2D eigenvalue weighted by Gasteiger charge is -2.36. The summed E-state index contributed by atoms with van der Waals surface area (Å²) in [4.78, 5) is 41.7. The molecule has 5 aromatic rings. The predicted octanol–water partition coefficient (Wildman–Crippen LogP) is 5.65. The van der Waals surface area contributed by atoms with Crippen molar-refractivity contribution in [3.05, 3.63) is 141 Å². The molecule has 1 fully saturated rings. The van der Waals surface area contributed by atoms with Gasteiger partial charge in [0.05, 0.1) is 11.2 Å². The van der Waals surface area contributed by atoms with E-state index in [2.05, 4.69) is 4.90 Å². The average Bonchev–Trinajstić information content (AvgIpc) is 3.51. The number of cyclic esters (lactones) is 1. The van der Waals surface area contributed by atoms with Crippen molar-refractivity contribution < 1.29 is 37.7 Å². The Labute approximate surface area is 291 Å². The fraction of sp³-hybridized carbons (Fsp3) is 0.205. The van der Waals surface area contributed by atoms with E-state index in [0.717, 1.165) is 11.6 Å². The molecule has 0 atom stereocenters. The molecule has 10 nitrogen and oxygen atoms in total. The van der Waals surface area contributed by atoms with Crippen LogP contribution in [0.5, 0.6) is 5.75 Å². The number of aromatic nitrogens is 1. The number of ether oxygens (including phenoxy) is 3. The molecule has 0 amide bonds. The van der Waals surface area contributed by atoms with Gasteiger partial charge in [-0.15, -0.1) is 0 Å². The number of para-hydroxylation sites is 1. The van der Waals surface area contributed by atoms with Crippen LogP contribution in [0.1, 0.15) is 21.5 Å². The largest absolute Gasteiger partial charge is 0.492 e. The molecular formula is C39H33F2N3O7. The lowest BCUT2D eigenvalue weighted by atomic mass is 10.0. The molecule has 3 heterocycles. The number of halogens is 2. The van der Waals surface area contributed by atoms with Crippen molar-refractivity contribution in [1.82, 2.24) is 9.47 Å². The Morgan fingerprint density at radius 3 is 2.33 bits per heavy atom. The molecule has 0 bridgehead atoms. The number of aromatic carboxylic acids is 1. The van der Waals surface area contributed by atoms with E-state index in [0.29, 0.717) is 79.8 Å². The van der Waals surface area contributed by atoms with Crippen molar-refractivity contribution in [2.24, 2.45) is 0 Å². The highest BCUT2D eigenvalue weighted by Crippen LogP contribution is 2.34. The topological polar surface area (TPSA) is 111 Å². The zero-order valence-electron chi connectivity index (χ0n) is 27.4. The zero-order valence-corrected chi connectivity index (χ0v) is 27.4. The maximum atomic E-state index is 15.6. The fourth-order valence-electron chi connectivity index (χ4n) is 6.35. The van der Waals surface area contributed by atoms with Crippen LogP contribution >= 0.6 is 0 Å². The Morgan fingerprint density at radius 1 is 0.863 bits per heavy atom. The molecule has 2 aliphatic heterocycles. The van der Waals surface area contributed by atoms with Gasteiger partial charge < -0.3 is 28.8 Å². The minimum Gasteiger partial charge on any atom is -0.492 e. The van der Waals surface area contributed by atoms with Crippen molar-refractivity contribution in [2.45, 2.75) is 6.61 Å². The highest BCUT2D eigenvalue weighted by molar-refractivity contribution is 6.19. The minimum absolute atomic E-state index is 0.0210. The second kappa shape index (κ2) is 14.5. The standard InChI is InChI=1S/C39H33F2N3O7/c40-26-10-12-27(13-11-26)44-22-30(38(46)47)37(45)29-20-31(41)33(21-32(29)44)43-16-14-42(15-17-43)18-19-49-35-24-51-39(48)36(35)28-8-4-5-9-34(28)50-23-25-6-2-1-3-7-25/h1-13,20-22H,14-19,23-24H2,(H,46,47). The van der Waals surface area contributed by atoms with Crippen LogP contribution in [0.15, 0.2) is 108 Å². The third kappa shape index (κ3) is 7.04. The number of benzene rings is 4. The van der Waals surface area contributed by atoms with Gasteiger partial charge >= 0.3 is 11.9 Å². The second-order valence-electron chi connectivity index (χ2n) is 12.2. The van der Waals surface area contributed by atoms with Gasteiger partial charge in [0, 0.05) is 55.6 Å². The van der Waals surface area contributed by atoms with Crippen molar-refractivity contribution in [3.63, 3.8) is 0 Å². The molecule has 0 aliphatic carbocycles. The third-order valence-corrected chi connectivity index (χ3v) is 9.02. The van der Waals surface area contributed by atoms with Gasteiger partial charge in [0.25, 0.3) is 0 Å². The molecule has 7 rings (SSSR count). The number of nitrogens with zero attached hydrogens (tertiary/aromatic N) is 3. The number of carbonyl (C=O) groups is 2. The third-order valence-electron chi connectivity index (χ3n) is 9.02. The molecule has 1 saturated heterocycles. The first kappa shape index (κ1) is 33.5. The molecule has 1 N–H and O–H groups in total. The first-order chi connectivity index (χ1) is 24.8. The van der Waals surface area contributed by atoms with Crippen LogP contribution < -0.4 is 15.1 Å². The molecule has 2 aliphatic rings. The van der Waals surface area contributed by atoms with E-state index in [1.54, 1.807) is 6.07 Å². The Morgan fingerprint density at radius 2 is 1.59 bits per heavy atom. The Kier molecular flexibility index (Phi) is 9.49. The van der Waals surface area contributed by atoms with Crippen LogP contribution in [0.4, 0.5) is 14.5 Å². The van der Waals surface area contributed by atoms with Crippen molar-refractivity contribution in [1.29, 1.82) is 0 Å². The number of fused-ring (bicyclic) bond motifs is 1. The van der Waals surface area contributed by atoms with E-state index in [1.807, 2.05) is 53.4 Å². The smallest absolute Gasteiger partial charge is 0.342 e. The van der Waals surface area contributed by atoms with Gasteiger partial charge in [-0.05, 0) is 48.0 Å². The molecule has 51 heavy (non-hydrogen) atoms. The second-order valence-corrected chi connectivity index (χ2v) is 12.2. The first-order valence-corrected chi connectivity index (χ1v) is 16.4. The maximum Gasteiger partial charge on any atom is 0.342 e. The lowest BCUT2D eigenvalue weighted by molar-refractivity contribution is -0.134. The summed E-state index contributed by atoms with van der Waals surface area (Å²) in [6.45, 7) is 3.31. The SMILES string of the molecule is O=C1OCC(OCCN2CCN(c3cc4c(cc3F)c(=O)c(C(=O)O)cn4-c3ccc(F)cc3)CC2)=C1c1ccccc1OCc1ccccc1. The van der Waals surface area contributed by atoms with E-state index in [1.165, 1.54) is 41.1 Å². The van der Waals surface area contributed by atoms with Crippen LogP contribution in [-0.2, 0) is 20.9 Å². The van der Waals surface area contributed by atoms with Gasteiger partial charge in [0.15, 0.2) is 0 Å². The Balaban J connectivity index is 1.03. The van der Waals surface area contributed by atoms with Crippen molar-refractivity contribution >= 4 is 34.1 Å². The number of rotatable bonds is 11. The quantitative estimate of drug-likeness (QED) is 0.176. The first-order valence-electron chi connectivity index (χ1n) is 16.4. The molecule has 0 radical (unpaired) electrons. The van der Waals surface area contributed by atoms with Crippen molar-refractivity contribution in [2.75, 3.05) is 50.8 Å². The summed E-state index contributed by atoms with van der Waals surface area (Å²) in [6.07, 6.45) is 1.18. The van der Waals surface area contributed by atoms with E-state index < -0.39 is 34.6 Å².